The second-order valence-electron chi connectivity index (χ2n) is 5.76. The molecule has 0 aromatic heterocycles. The van der Waals surface area contributed by atoms with E-state index < -0.39 is 0 Å². The van der Waals surface area contributed by atoms with Crippen LogP contribution in [-0.4, -0.2) is 25.4 Å². The van der Waals surface area contributed by atoms with Gasteiger partial charge in [0.25, 0.3) is 0 Å². The van der Waals surface area contributed by atoms with Crippen LogP contribution in [0.25, 0.3) is 0 Å². The Morgan fingerprint density at radius 2 is 1.79 bits per heavy atom. The predicted octanol–water partition coefficient (Wildman–Crippen LogP) is 3.80. The summed E-state index contributed by atoms with van der Waals surface area (Å²) >= 11 is 0. The van der Waals surface area contributed by atoms with Gasteiger partial charge in [0.2, 0.25) is 0 Å². The van der Waals surface area contributed by atoms with Crippen LogP contribution in [0.3, 0.4) is 0 Å². The van der Waals surface area contributed by atoms with Gasteiger partial charge in [0.05, 0.1) is 7.11 Å². The van der Waals surface area contributed by atoms with Crippen LogP contribution in [0.15, 0.2) is 54.6 Å². The number of rotatable bonds is 9. The minimum atomic E-state index is 0.172. The van der Waals surface area contributed by atoms with Crippen molar-refractivity contribution in [1.29, 1.82) is 0 Å². The van der Waals surface area contributed by atoms with Crippen molar-refractivity contribution in [3.8, 4) is 11.5 Å². The fourth-order valence-electron chi connectivity index (χ4n) is 2.27. The molecule has 0 fully saturated rings. The van der Waals surface area contributed by atoms with E-state index in [0.717, 1.165) is 28.1 Å². The summed E-state index contributed by atoms with van der Waals surface area (Å²) < 4.78 is 11.1. The van der Waals surface area contributed by atoms with E-state index in [-0.39, 0.29) is 6.61 Å². The fraction of sp³-hybridized carbons (Fsp3) is 0.300. The zero-order valence-corrected chi connectivity index (χ0v) is 14.3. The predicted molar refractivity (Wildman–Crippen MR) is 97.9 cm³/mol. The number of benzene rings is 2. The van der Waals surface area contributed by atoms with Crippen molar-refractivity contribution in [2.75, 3.05) is 25.6 Å². The Kier molecular flexibility index (Phi) is 6.70. The van der Waals surface area contributed by atoms with Gasteiger partial charge >= 0.3 is 0 Å². The lowest BCUT2D eigenvalue weighted by Gasteiger charge is -2.13. The summed E-state index contributed by atoms with van der Waals surface area (Å²) in [5, 5.41) is 12.3. The molecule has 0 radical (unpaired) electrons. The number of nitrogens with one attached hydrogen (secondary N) is 1. The van der Waals surface area contributed by atoms with Gasteiger partial charge in [0, 0.05) is 18.8 Å². The number of ether oxygens (including phenoxy) is 2. The first kappa shape index (κ1) is 17.9. The zero-order valence-electron chi connectivity index (χ0n) is 14.3. The van der Waals surface area contributed by atoms with Crippen LogP contribution in [-0.2, 0) is 13.0 Å². The maximum atomic E-state index is 8.94. The summed E-state index contributed by atoms with van der Waals surface area (Å²) in [6, 6.07) is 14.0. The Bertz CT molecular complexity index is 665. The largest absolute Gasteiger partial charge is 0.493 e. The van der Waals surface area contributed by atoms with Gasteiger partial charge in [-0.25, -0.2) is 0 Å². The maximum Gasteiger partial charge on any atom is 0.161 e. The number of hydrogen-bond donors (Lipinski definition) is 2. The zero-order chi connectivity index (χ0) is 17.4. The van der Waals surface area contributed by atoms with Crippen LogP contribution < -0.4 is 14.8 Å². The lowest BCUT2D eigenvalue weighted by atomic mass is 10.1. The molecule has 128 valence electrons. The van der Waals surface area contributed by atoms with Crippen LogP contribution >= 0.6 is 0 Å². The van der Waals surface area contributed by atoms with Crippen LogP contribution in [0.4, 0.5) is 5.69 Å². The number of aliphatic hydroxyl groups excluding tert-OH is 1. The van der Waals surface area contributed by atoms with E-state index in [2.05, 4.69) is 11.9 Å². The van der Waals surface area contributed by atoms with Gasteiger partial charge in [-0.2, -0.15) is 0 Å². The molecule has 0 aliphatic rings. The standard InChI is InChI=1S/C20H25NO3/c1-15(2)14-24-20-12-17(6-9-19(20)23-3)13-21-18-7-4-16(5-8-18)10-11-22/h4-9,12,21-22H,1,10-11,13-14H2,2-3H3. The minimum absolute atomic E-state index is 0.172. The first-order valence-electron chi connectivity index (χ1n) is 8.00. The second-order valence-corrected chi connectivity index (χ2v) is 5.76. The quantitative estimate of drug-likeness (QED) is 0.688. The Morgan fingerprint density at radius 1 is 1.08 bits per heavy atom. The molecule has 0 amide bonds. The van der Waals surface area contributed by atoms with Crippen LogP contribution in [0.5, 0.6) is 11.5 Å². The molecular formula is C20H25NO3. The average molecular weight is 327 g/mol. The molecule has 0 aliphatic heterocycles. The molecule has 24 heavy (non-hydrogen) atoms. The second kappa shape index (κ2) is 8.99. The monoisotopic (exact) mass is 327 g/mol. The van der Waals surface area contributed by atoms with Gasteiger partial charge in [0.1, 0.15) is 6.61 Å². The smallest absolute Gasteiger partial charge is 0.161 e. The van der Waals surface area contributed by atoms with Crippen LogP contribution in [0.2, 0.25) is 0 Å². The van der Waals surface area contributed by atoms with Crippen molar-refractivity contribution < 1.29 is 14.6 Å². The Labute approximate surface area is 143 Å². The maximum absolute atomic E-state index is 8.94. The van der Waals surface area contributed by atoms with E-state index >= 15 is 0 Å². The van der Waals surface area contributed by atoms with Crippen molar-refractivity contribution >= 4 is 5.69 Å². The van der Waals surface area contributed by atoms with Crippen molar-refractivity contribution in [2.45, 2.75) is 19.9 Å². The highest BCUT2D eigenvalue weighted by atomic mass is 16.5. The van der Waals surface area contributed by atoms with Crippen molar-refractivity contribution in [2.24, 2.45) is 0 Å². The number of aliphatic hydroxyl groups is 1. The molecule has 0 aliphatic carbocycles. The molecule has 4 heteroatoms. The summed E-state index contributed by atoms with van der Waals surface area (Å²) in [4.78, 5) is 0. The molecule has 2 rings (SSSR count). The van der Waals surface area contributed by atoms with Gasteiger partial charge in [-0.15, -0.1) is 0 Å². The third-order valence-electron chi connectivity index (χ3n) is 3.55. The number of methoxy groups -OCH3 is 1. The molecule has 2 N–H and O–H groups in total. The molecule has 0 saturated heterocycles. The number of anilines is 1. The summed E-state index contributed by atoms with van der Waals surface area (Å²) in [5.41, 5.74) is 4.23. The average Bonchev–Trinajstić information content (AvgIpc) is 2.59. The number of hydrogen-bond acceptors (Lipinski definition) is 4. The Morgan fingerprint density at radius 3 is 2.42 bits per heavy atom. The summed E-state index contributed by atoms with van der Waals surface area (Å²) in [6.45, 7) is 7.11. The van der Waals surface area contributed by atoms with E-state index in [9.17, 15) is 0 Å². The molecule has 0 heterocycles. The van der Waals surface area contributed by atoms with Gasteiger partial charge in [-0.05, 0) is 54.3 Å². The van der Waals surface area contributed by atoms with Crippen LogP contribution in [0.1, 0.15) is 18.1 Å². The molecular weight excluding hydrogens is 302 g/mol. The lowest BCUT2D eigenvalue weighted by Crippen LogP contribution is -2.03. The SMILES string of the molecule is C=C(C)COc1cc(CNc2ccc(CCO)cc2)ccc1OC. The molecule has 2 aromatic carbocycles. The van der Waals surface area contributed by atoms with Crippen molar-refractivity contribution in [3.63, 3.8) is 0 Å². The van der Waals surface area contributed by atoms with E-state index in [0.29, 0.717) is 25.3 Å². The molecule has 4 nitrogen and oxygen atoms in total. The fourth-order valence-corrected chi connectivity index (χ4v) is 2.27. The topological polar surface area (TPSA) is 50.7 Å². The third-order valence-corrected chi connectivity index (χ3v) is 3.55. The van der Waals surface area contributed by atoms with E-state index in [4.69, 9.17) is 14.6 Å². The van der Waals surface area contributed by atoms with E-state index in [1.165, 1.54) is 0 Å². The van der Waals surface area contributed by atoms with Gasteiger partial charge in [-0.3, -0.25) is 0 Å². The van der Waals surface area contributed by atoms with Crippen molar-refractivity contribution in [3.05, 3.63) is 65.7 Å². The summed E-state index contributed by atoms with van der Waals surface area (Å²) in [5.74, 6) is 1.44. The van der Waals surface area contributed by atoms with E-state index in [1.807, 2.05) is 49.4 Å². The summed E-state index contributed by atoms with van der Waals surface area (Å²) in [6.07, 6.45) is 0.683. The first-order chi connectivity index (χ1) is 11.6. The molecule has 0 saturated carbocycles. The third kappa shape index (κ3) is 5.32. The molecule has 0 bridgehead atoms. The van der Waals surface area contributed by atoms with Gasteiger partial charge in [-0.1, -0.05) is 24.8 Å². The van der Waals surface area contributed by atoms with Gasteiger partial charge in [0.15, 0.2) is 11.5 Å². The highest BCUT2D eigenvalue weighted by molar-refractivity contribution is 5.47. The highest BCUT2D eigenvalue weighted by Crippen LogP contribution is 2.28. The molecule has 2 aromatic rings. The first-order valence-corrected chi connectivity index (χ1v) is 8.00. The normalized spacial score (nSPS) is 10.3. The Balaban J connectivity index is 2.01. The molecule has 0 unspecified atom stereocenters. The van der Waals surface area contributed by atoms with Crippen LogP contribution in [0, 0.1) is 0 Å². The highest BCUT2D eigenvalue weighted by Gasteiger charge is 2.06. The minimum Gasteiger partial charge on any atom is -0.493 e. The van der Waals surface area contributed by atoms with Gasteiger partial charge < -0.3 is 19.9 Å². The lowest BCUT2D eigenvalue weighted by molar-refractivity contribution is 0.299. The van der Waals surface area contributed by atoms with Crippen molar-refractivity contribution in [1.82, 2.24) is 0 Å². The Hall–Kier alpha value is -2.46. The molecule has 0 atom stereocenters. The van der Waals surface area contributed by atoms with E-state index in [1.54, 1.807) is 7.11 Å². The molecule has 0 spiro atoms. The summed E-state index contributed by atoms with van der Waals surface area (Å²) in [7, 11) is 1.63.